The zero-order chi connectivity index (χ0) is 26.7. The Balaban J connectivity index is 2.05. The SMILES string of the molecule is CCCS(=O)(=O)Nc1c(C(=O)N(CC)CC)oc2nc(-c3ccccc3Cl)c(-c3ccc(Cl)cc3)cc12. The molecular formula is C27H27Cl2N3O4S. The number of pyridine rings is 1. The van der Waals surface area contributed by atoms with Crippen molar-refractivity contribution in [2.75, 3.05) is 23.6 Å². The van der Waals surface area contributed by atoms with Crippen molar-refractivity contribution in [3.05, 3.63) is 70.4 Å². The van der Waals surface area contributed by atoms with Gasteiger partial charge in [0.25, 0.3) is 5.91 Å². The van der Waals surface area contributed by atoms with Crippen LogP contribution in [0.25, 0.3) is 33.5 Å². The molecule has 0 aliphatic heterocycles. The molecule has 1 amide bonds. The van der Waals surface area contributed by atoms with E-state index >= 15 is 0 Å². The van der Waals surface area contributed by atoms with Crippen LogP contribution in [0.15, 0.2) is 59.0 Å². The summed E-state index contributed by atoms with van der Waals surface area (Å²) < 4.78 is 34.2. The van der Waals surface area contributed by atoms with Crippen molar-refractivity contribution >= 4 is 55.9 Å². The van der Waals surface area contributed by atoms with Crippen LogP contribution in [-0.2, 0) is 10.0 Å². The highest BCUT2D eigenvalue weighted by atomic mass is 35.5. The van der Waals surface area contributed by atoms with E-state index in [-0.39, 0.29) is 22.9 Å². The molecule has 0 atom stereocenters. The second-order valence-electron chi connectivity index (χ2n) is 8.43. The molecule has 0 unspecified atom stereocenters. The van der Waals surface area contributed by atoms with Gasteiger partial charge in [-0.3, -0.25) is 9.52 Å². The van der Waals surface area contributed by atoms with Gasteiger partial charge in [0.2, 0.25) is 21.5 Å². The highest BCUT2D eigenvalue weighted by molar-refractivity contribution is 7.92. The average Bonchev–Trinajstić information content (AvgIpc) is 3.21. The second kappa shape index (κ2) is 11.1. The molecule has 7 nitrogen and oxygen atoms in total. The van der Waals surface area contributed by atoms with Gasteiger partial charge in [0.05, 0.1) is 16.8 Å². The van der Waals surface area contributed by atoms with Crippen LogP contribution >= 0.6 is 23.2 Å². The Morgan fingerprint density at radius 2 is 1.68 bits per heavy atom. The van der Waals surface area contributed by atoms with Crippen molar-refractivity contribution in [2.24, 2.45) is 0 Å². The number of furan rings is 1. The minimum Gasteiger partial charge on any atom is -0.430 e. The molecule has 2 aromatic carbocycles. The van der Waals surface area contributed by atoms with Gasteiger partial charge in [-0.2, -0.15) is 0 Å². The number of rotatable bonds is 9. The van der Waals surface area contributed by atoms with Crippen molar-refractivity contribution in [1.82, 2.24) is 9.88 Å². The largest absolute Gasteiger partial charge is 0.430 e. The molecule has 0 bridgehead atoms. The summed E-state index contributed by atoms with van der Waals surface area (Å²) in [5.74, 6) is -0.637. The molecule has 1 N–H and O–H groups in total. The Labute approximate surface area is 226 Å². The lowest BCUT2D eigenvalue weighted by molar-refractivity contribution is 0.0744. The van der Waals surface area contributed by atoms with Crippen LogP contribution in [-0.4, -0.2) is 43.1 Å². The predicted octanol–water partition coefficient (Wildman–Crippen LogP) is 7.10. The number of halogens is 2. The maximum absolute atomic E-state index is 13.4. The Morgan fingerprint density at radius 3 is 2.30 bits per heavy atom. The molecule has 0 saturated carbocycles. The molecule has 2 heterocycles. The van der Waals surface area contributed by atoms with Crippen LogP contribution in [0, 0.1) is 0 Å². The number of nitrogens with one attached hydrogen (secondary N) is 1. The summed E-state index contributed by atoms with van der Waals surface area (Å²) >= 11 is 12.7. The molecule has 2 aromatic heterocycles. The number of sulfonamides is 1. The number of aromatic nitrogens is 1. The monoisotopic (exact) mass is 559 g/mol. The molecular weight excluding hydrogens is 533 g/mol. The maximum atomic E-state index is 13.4. The van der Waals surface area contributed by atoms with Gasteiger partial charge in [0.1, 0.15) is 5.69 Å². The van der Waals surface area contributed by atoms with Crippen LogP contribution in [0.1, 0.15) is 37.7 Å². The Bertz CT molecular complexity index is 1550. The summed E-state index contributed by atoms with van der Waals surface area (Å²) in [6.45, 7) is 6.32. The van der Waals surface area contributed by atoms with E-state index in [1.54, 1.807) is 36.1 Å². The van der Waals surface area contributed by atoms with Gasteiger partial charge in [0, 0.05) is 34.3 Å². The number of carbonyl (C=O) groups excluding carboxylic acids is 1. The molecule has 0 aliphatic rings. The topological polar surface area (TPSA) is 92.5 Å². The molecule has 4 rings (SSSR count). The number of hydrogen-bond donors (Lipinski definition) is 1. The van der Waals surface area contributed by atoms with Gasteiger partial charge in [-0.1, -0.05) is 60.5 Å². The molecule has 0 aliphatic carbocycles. The first-order valence-corrected chi connectivity index (χ1v) is 14.4. The minimum atomic E-state index is -3.74. The summed E-state index contributed by atoms with van der Waals surface area (Å²) in [6, 6.07) is 16.2. The molecule has 0 saturated heterocycles. The van der Waals surface area contributed by atoms with E-state index in [4.69, 9.17) is 32.6 Å². The van der Waals surface area contributed by atoms with E-state index in [1.807, 2.05) is 44.2 Å². The van der Waals surface area contributed by atoms with Crippen LogP contribution in [0.4, 0.5) is 5.69 Å². The van der Waals surface area contributed by atoms with Crippen LogP contribution in [0.3, 0.4) is 0 Å². The van der Waals surface area contributed by atoms with Gasteiger partial charge in [-0.25, -0.2) is 13.4 Å². The highest BCUT2D eigenvalue weighted by Gasteiger charge is 2.29. The summed E-state index contributed by atoms with van der Waals surface area (Å²) in [7, 11) is -3.74. The van der Waals surface area contributed by atoms with Crippen molar-refractivity contribution in [1.29, 1.82) is 0 Å². The smallest absolute Gasteiger partial charge is 0.291 e. The third-order valence-electron chi connectivity index (χ3n) is 5.94. The molecule has 0 fully saturated rings. The van der Waals surface area contributed by atoms with E-state index in [0.29, 0.717) is 51.8 Å². The van der Waals surface area contributed by atoms with Gasteiger partial charge in [-0.05, 0) is 50.1 Å². The quantitative estimate of drug-likeness (QED) is 0.236. The van der Waals surface area contributed by atoms with Crippen LogP contribution < -0.4 is 4.72 Å². The number of fused-ring (bicyclic) bond motifs is 1. The number of carbonyl (C=O) groups is 1. The molecule has 0 spiro atoms. The maximum Gasteiger partial charge on any atom is 0.291 e. The lowest BCUT2D eigenvalue weighted by atomic mass is 9.98. The van der Waals surface area contributed by atoms with Gasteiger partial charge in [-0.15, -0.1) is 0 Å². The van der Waals surface area contributed by atoms with E-state index < -0.39 is 15.9 Å². The fourth-order valence-electron chi connectivity index (χ4n) is 4.11. The third-order valence-corrected chi connectivity index (χ3v) is 7.98. The molecule has 10 heteroatoms. The number of anilines is 1. The fraction of sp³-hybridized carbons (Fsp3) is 0.259. The van der Waals surface area contributed by atoms with Gasteiger partial charge in [0.15, 0.2) is 0 Å². The van der Waals surface area contributed by atoms with Crippen LogP contribution in [0.2, 0.25) is 10.0 Å². The number of amides is 1. The predicted molar refractivity (Wildman–Crippen MR) is 150 cm³/mol. The number of nitrogens with zero attached hydrogens (tertiary/aromatic N) is 2. The fourth-order valence-corrected chi connectivity index (χ4v) is 5.62. The average molecular weight is 561 g/mol. The summed E-state index contributed by atoms with van der Waals surface area (Å²) in [4.78, 5) is 19.7. The number of hydrogen-bond acceptors (Lipinski definition) is 5. The Hall–Kier alpha value is -3.07. The highest BCUT2D eigenvalue weighted by Crippen LogP contribution is 2.41. The van der Waals surface area contributed by atoms with E-state index in [9.17, 15) is 13.2 Å². The van der Waals surface area contributed by atoms with Gasteiger partial charge < -0.3 is 9.32 Å². The third kappa shape index (κ3) is 5.61. The van der Waals surface area contributed by atoms with Crippen molar-refractivity contribution in [2.45, 2.75) is 27.2 Å². The molecule has 4 aromatic rings. The second-order valence-corrected chi connectivity index (χ2v) is 11.1. The number of benzene rings is 2. The lowest BCUT2D eigenvalue weighted by Crippen LogP contribution is -2.31. The van der Waals surface area contributed by atoms with Crippen molar-refractivity contribution in [3.8, 4) is 22.4 Å². The Kier molecular flexibility index (Phi) is 8.11. The first kappa shape index (κ1) is 27.0. The zero-order valence-electron chi connectivity index (χ0n) is 20.7. The van der Waals surface area contributed by atoms with E-state index in [1.165, 1.54) is 0 Å². The lowest BCUT2D eigenvalue weighted by Gasteiger charge is -2.18. The van der Waals surface area contributed by atoms with Crippen LogP contribution in [0.5, 0.6) is 0 Å². The summed E-state index contributed by atoms with van der Waals surface area (Å²) in [5, 5.41) is 1.43. The van der Waals surface area contributed by atoms with E-state index in [2.05, 4.69) is 4.72 Å². The normalized spacial score (nSPS) is 11.6. The molecule has 0 radical (unpaired) electrons. The van der Waals surface area contributed by atoms with Crippen molar-refractivity contribution < 1.29 is 17.6 Å². The first-order chi connectivity index (χ1) is 17.7. The minimum absolute atomic E-state index is 0.0776. The van der Waals surface area contributed by atoms with Gasteiger partial charge >= 0.3 is 0 Å². The first-order valence-electron chi connectivity index (χ1n) is 12.0. The Morgan fingerprint density at radius 1 is 1.00 bits per heavy atom. The molecule has 37 heavy (non-hydrogen) atoms. The summed E-state index contributed by atoms with van der Waals surface area (Å²) in [6.07, 6.45) is 0.412. The zero-order valence-corrected chi connectivity index (χ0v) is 23.0. The summed E-state index contributed by atoms with van der Waals surface area (Å²) in [5.41, 5.74) is 2.85. The standard InChI is InChI=1S/C27H27Cl2N3O4S/c1-4-15-37(34,35)31-24-21-16-20(17-11-13-18(28)14-12-17)23(19-9-7-8-10-22(19)29)30-26(21)36-25(24)27(33)32(5-2)6-3/h7-14,16,31H,4-6,15H2,1-3H3. The van der Waals surface area contributed by atoms with Crippen molar-refractivity contribution in [3.63, 3.8) is 0 Å². The van der Waals surface area contributed by atoms with E-state index in [0.717, 1.165) is 5.56 Å². The molecule has 194 valence electrons.